The van der Waals surface area contributed by atoms with Crippen LogP contribution >= 0.6 is 0 Å². The highest BCUT2D eigenvalue weighted by Gasteiger charge is 2.25. The molecule has 0 aliphatic heterocycles. The summed E-state index contributed by atoms with van der Waals surface area (Å²) >= 11 is 0. The van der Waals surface area contributed by atoms with Crippen molar-refractivity contribution >= 4 is 10.0 Å². The molecule has 1 aromatic carbocycles. The Kier molecular flexibility index (Phi) is 5.64. The predicted octanol–water partition coefficient (Wildman–Crippen LogP) is 1.20. The van der Waals surface area contributed by atoms with E-state index in [0.29, 0.717) is 12.2 Å². The molecule has 7 heteroatoms. The molecule has 0 heterocycles. The molecule has 0 aliphatic carbocycles. The van der Waals surface area contributed by atoms with E-state index < -0.39 is 26.3 Å². The first kappa shape index (κ1) is 17.0. The van der Waals surface area contributed by atoms with Gasteiger partial charge in [-0.25, -0.2) is 17.5 Å². The summed E-state index contributed by atoms with van der Waals surface area (Å²) in [5.41, 5.74) is -0.624. The van der Waals surface area contributed by atoms with E-state index in [9.17, 15) is 17.9 Å². The van der Waals surface area contributed by atoms with Gasteiger partial charge in [-0.3, -0.25) is 0 Å². The van der Waals surface area contributed by atoms with Crippen molar-refractivity contribution in [2.75, 3.05) is 20.3 Å². The van der Waals surface area contributed by atoms with Crippen LogP contribution < -0.4 is 4.72 Å². The number of hydrogen-bond acceptors (Lipinski definition) is 4. The highest BCUT2D eigenvalue weighted by Crippen LogP contribution is 2.17. The molecule has 1 aromatic rings. The van der Waals surface area contributed by atoms with E-state index in [2.05, 4.69) is 4.72 Å². The Morgan fingerprint density at radius 1 is 1.45 bits per heavy atom. The molecule has 5 nitrogen and oxygen atoms in total. The third-order valence-electron chi connectivity index (χ3n) is 2.86. The van der Waals surface area contributed by atoms with Crippen molar-refractivity contribution < 1.29 is 22.7 Å². The minimum absolute atomic E-state index is 0.216. The van der Waals surface area contributed by atoms with E-state index in [-0.39, 0.29) is 13.0 Å². The second-order valence-corrected chi connectivity index (χ2v) is 6.73. The molecule has 0 saturated heterocycles. The van der Waals surface area contributed by atoms with Crippen LogP contribution in [0.1, 0.15) is 18.9 Å². The van der Waals surface area contributed by atoms with Crippen LogP contribution in [0.25, 0.3) is 0 Å². The molecule has 20 heavy (non-hydrogen) atoms. The van der Waals surface area contributed by atoms with Gasteiger partial charge in [-0.15, -0.1) is 0 Å². The van der Waals surface area contributed by atoms with Gasteiger partial charge in [0.05, 0.1) is 5.60 Å². The summed E-state index contributed by atoms with van der Waals surface area (Å²) in [5, 5.41) is 9.98. The van der Waals surface area contributed by atoms with Crippen LogP contribution in [-0.2, 0) is 14.8 Å². The lowest BCUT2D eigenvalue weighted by molar-refractivity contribution is 0.0292. The number of methoxy groups -OCH3 is 1. The van der Waals surface area contributed by atoms with E-state index in [1.54, 1.807) is 6.92 Å². The van der Waals surface area contributed by atoms with Gasteiger partial charge in [0.2, 0.25) is 10.0 Å². The monoisotopic (exact) mass is 305 g/mol. The van der Waals surface area contributed by atoms with Crippen LogP contribution in [0.5, 0.6) is 0 Å². The van der Waals surface area contributed by atoms with E-state index in [4.69, 9.17) is 4.74 Å². The Balaban J connectivity index is 2.83. The normalized spacial score (nSPS) is 15.1. The fourth-order valence-corrected chi connectivity index (χ4v) is 2.88. The Bertz CT molecular complexity index is 557. The van der Waals surface area contributed by atoms with Gasteiger partial charge in [0, 0.05) is 26.7 Å². The number of sulfonamides is 1. The first-order valence-corrected chi connectivity index (χ1v) is 7.63. The number of aliphatic hydroxyl groups is 1. The summed E-state index contributed by atoms with van der Waals surface area (Å²) in [6.07, 6.45) is 0.266. The Hall–Kier alpha value is -1.02. The molecule has 2 N–H and O–H groups in total. The number of aryl methyl sites for hydroxylation is 1. The van der Waals surface area contributed by atoms with Crippen LogP contribution in [-0.4, -0.2) is 39.4 Å². The predicted molar refractivity (Wildman–Crippen MR) is 73.4 cm³/mol. The first-order valence-electron chi connectivity index (χ1n) is 6.15. The molecular weight excluding hydrogens is 285 g/mol. The fourth-order valence-electron chi connectivity index (χ4n) is 1.56. The summed E-state index contributed by atoms with van der Waals surface area (Å²) in [4.78, 5) is -0.417. The second-order valence-electron chi connectivity index (χ2n) is 5.00. The lowest BCUT2D eigenvalue weighted by atomic mass is 10.0. The third-order valence-corrected chi connectivity index (χ3v) is 4.28. The largest absolute Gasteiger partial charge is 0.389 e. The topological polar surface area (TPSA) is 75.6 Å². The van der Waals surface area contributed by atoms with Crippen molar-refractivity contribution in [3.63, 3.8) is 0 Å². The summed E-state index contributed by atoms with van der Waals surface area (Å²) in [6, 6.07) is 3.84. The molecule has 0 aliphatic rings. The van der Waals surface area contributed by atoms with Gasteiger partial charge in [0.25, 0.3) is 0 Å². The molecule has 1 rings (SSSR count). The SMILES string of the molecule is COCCC(C)(O)CNS(=O)(=O)c1cc(C)ccc1F. The number of halogens is 1. The number of hydrogen-bond donors (Lipinski definition) is 2. The van der Waals surface area contributed by atoms with Crippen molar-refractivity contribution in [3.8, 4) is 0 Å². The number of nitrogens with one attached hydrogen (secondary N) is 1. The van der Waals surface area contributed by atoms with Crippen LogP contribution in [0.3, 0.4) is 0 Å². The standard InChI is InChI=1S/C13H20FNO4S/c1-10-4-5-11(14)12(8-10)20(17,18)15-9-13(2,16)6-7-19-3/h4-5,8,15-16H,6-7,9H2,1-3H3. The molecule has 0 aromatic heterocycles. The Morgan fingerprint density at radius 3 is 2.70 bits per heavy atom. The summed E-state index contributed by atoms with van der Waals surface area (Å²) in [7, 11) is -2.51. The van der Waals surface area contributed by atoms with Crippen LogP contribution in [0, 0.1) is 12.7 Å². The summed E-state index contributed by atoms with van der Waals surface area (Å²) in [5.74, 6) is -0.820. The number of ether oxygens (including phenoxy) is 1. The maximum atomic E-state index is 13.6. The van der Waals surface area contributed by atoms with Crippen LogP contribution in [0.4, 0.5) is 4.39 Å². The van der Waals surface area contributed by atoms with Crippen molar-refractivity contribution in [1.82, 2.24) is 4.72 Å². The lowest BCUT2D eigenvalue weighted by Crippen LogP contribution is -2.41. The van der Waals surface area contributed by atoms with Gasteiger partial charge in [-0.1, -0.05) is 6.07 Å². The van der Waals surface area contributed by atoms with Crippen LogP contribution in [0.15, 0.2) is 23.1 Å². The van der Waals surface area contributed by atoms with E-state index >= 15 is 0 Å². The van der Waals surface area contributed by atoms with E-state index in [1.165, 1.54) is 26.2 Å². The van der Waals surface area contributed by atoms with Crippen molar-refractivity contribution in [2.24, 2.45) is 0 Å². The maximum absolute atomic E-state index is 13.6. The summed E-state index contributed by atoms with van der Waals surface area (Å²) in [6.45, 7) is 3.24. The number of rotatable bonds is 7. The molecule has 0 bridgehead atoms. The Morgan fingerprint density at radius 2 is 2.10 bits per heavy atom. The zero-order valence-corrected chi connectivity index (χ0v) is 12.6. The summed E-state index contributed by atoms with van der Waals surface area (Å²) < 4.78 is 44.7. The molecule has 0 spiro atoms. The van der Waals surface area contributed by atoms with Gasteiger partial charge in [0.15, 0.2) is 0 Å². The van der Waals surface area contributed by atoms with Gasteiger partial charge < -0.3 is 9.84 Å². The van der Waals surface area contributed by atoms with Gasteiger partial charge in [-0.2, -0.15) is 0 Å². The average molecular weight is 305 g/mol. The molecule has 0 saturated carbocycles. The molecule has 0 radical (unpaired) electrons. The van der Waals surface area contributed by atoms with Crippen molar-refractivity contribution in [3.05, 3.63) is 29.6 Å². The number of benzene rings is 1. The zero-order valence-electron chi connectivity index (χ0n) is 11.8. The highest BCUT2D eigenvalue weighted by molar-refractivity contribution is 7.89. The van der Waals surface area contributed by atoms with Crippen molar-refractivity contribution in [2.45, 2.75) is 30.8 Å². The molecule has 0 fully saturated rings. The van der Waals surface area contributed by atoms with Gasteiger partial charge >= 0.3 is 0 Å². The molecule has 1 unspecified atom stereocenters. The fraction of sp³-hybridized carbons (Fsp3) is 0.538. The molecule has 0 amide bonds. The Labute approximate surface area is 118 Å². The van der Waals surface area contributed by atoms with Gasteiger partial charge in [-0.05, 0) is 31.5 Å². The van der Waals surface area contributed by atoms with E-state index in [0.717, 1.165) is 6.07 Å². The van der Waals surface area contributed by atoms with Crippen molar-refractivity contribution in [1.29, 1.82) is 0 Å². The highest BCUT2D eigenvalue weighted by atomic mass is 32.2. The molecule has 1 atom stereocenters. The quantitative estimate of drug-likeness (QED) is 0.794. The molecule has 114 valence electrons. The second kappa shape index (κ2) is 6.62. The molecular formula is C13H20FNO4S. The lowest BCUT2D eigenvalue weighted by Gasteiger charge is -2.23. The van der Waals surface area contributed by atoms with Gasteiger partial charge in [0.1, 0.15) is 10.7 Å². The maximum Gasteiger partial charge on any atom is 0.243 e. The van der Waals surface area contributed by atoms with E-state index in [1.807, 2.05) is 0 Å². The average Bonchev–Trinajstić information content (AvgIpc) is 2.37. The third kappa shape index (κ3) is 4.82. The van der Waals surface area contributed by atoms with Crippen LogP contribution in [0.2, 0.25) is 0 Å². The first-order chi connectivity index (χ1) is 9.18. The minimum Gasteiger partial charge on any atom is -0.389 e. The zero-order chi connectivity index (χ0) is 15.4. The smallest absolute Gasteiger partial charge is 0.243 e. The minimum atomic E-state index is -4.00.